The molecule has 176 valence electrons. The number of ketones is 1. The normalized spacial score (nSPS) is 17.3. The third-order valence-electron chi connectivity index (χ3n) is 5.81. The van der Waals surface area contributed by atoms with Crippen LogP contribution in [-0.4, -0.2) is 37.5 Å². The summed E-state index contributed by atoms with van der Waals surface area (Å²) in [6.45, 7) is 4.53. The molecule has 0 spiro atoms. The van der Waals surface area contributed by atoms with Gasteiger partial charge in [0.1, 0.15) is 17.6 Å². The van der Waals surface area contributed by atoms with Crippen LogP contribution in [0.5, 0.6) is 5.75 Å². The lowest BCUT2D eigenvalue weighted by Gasteiger charge is -2.25. The maximum absolute atomic E-state index is 13.2. The summed E-state index contributed by atoms with van der Waals surface area (Å²) in [7, 11) is 3.88. The van der Waals surface area contributed by atoms with Crippen LogP contribution in [0.1, 0.15) is 35.4 Å². The van der Waals surface area contributed by atoms with Crippen molar-refractivity contribution in [2.45, 2.75) is 26.3 Å². The highest BCUT2D eigenvalue weighted by molar-refractivity contribution is 7.10. The van der Waals surface area contributed by atoms with E-state index in [2.05, 4.69) is 0 Å². The number of Topliss-reactive ketones (excluding diaryl/α,β-unsaturated/α-hetero) is 1. The number of anilines is 2. The van der Waals surface area contributed by atoms with E-state index in [0.29, 0.717) is 17.9 Å². The molecule has 0 saturated carbocycles. The average molecular weight is 477 g/mol. The van der Waals surface area contributed by atoms with Crippen molar-refractivity contribution in [1.82, 2.24) is 0 Å². The third-order valence-corrected chi connectivity index (χ3v) is 6.74. The van der Waals surface area contributed by atoms with E-state index >= 15 is 0 Å². The van der Waals surface area contributed by atoms with Crippen LogP contribution in [0.25, 0.3) is 5.76 Å². The molecular weight excluding hydrogens is 448 g/mol. The van der Waals surface area contributed by atoms with Gasteiger partial charge in [0.2, 0.25) is 0 Å². The van der Waals surface area contributed by atoms with Crippen molar-refractivity contribution in [3.8, 4) is 5.75 Å². The summed E-state index contributed by atoms with van der Waals surface area (Å²) in [4.78, 5) is 30.7. The van der Waals surface area contributed by atoms with E-state index in [4.69, 9.17) is 4.74 Å². The molecule has 1 fully saturated rings. The zero-order valence-electron chi connectivity index (χ0n) is 19.7. The molecule has 0 radical (unpaired) electrons. The number of thiophene rings is 1. The minimum atomic E-state index is -0.707. The van der Waals surface area contributed by atoms with Gasteiger partial charge in [-0.15, -0.1) is 11.3 Å². The molecule has 34 heavy (non-hydrogen) atoms. The van der Waals surface area contributed by atoms with E-state index in [0.717, 1.165) is 28.3 Å². The van der Waals surface area contributed by atoms with Crippen molar-refractivity contribution in [2.75, 3.05) is 30.5 Å². The third kappa shape index (κ3) is 4.31. The highest BCUT2D eigenvalue weighted by Gasteiger charge is 2.47. The topological polar surface area (TPSA) is 70.1 Å². The Hall–Kier alpha value is -3.58. The van der Waals surface area contributed by atoms with Crippen molar-refractivity contribution in [3.05, 3.63) is 81.6 Å². The largest absolute Gasteiger partial charge is 0.507 e. The van der Waals surface area contributed by atoms with Gasteiger partial charge in [-0.2, -0.15) is 0 Å². The number of aryl methyl sites for hydroxylation is 1. The number of aliphatic hydroxyl groups excluding tert-OH is 1. The molecule has 2 heterocycles. The molecule has 1 atom stereocenters. The van der Waals surface area contributed by atoms with Gasteiger partial charge in [0.05, 0.1) is 12.2 Å². The second-order valence-electron chi connectivity index (χ2n) is 8.42. The number of hydrogen-bond donors (Lipinski definition) is 1. The molecular formula is C27H28N2O4S. The Kier molecular flexibility index (Phi) is 6.75. The first kappa shape index (κ1) is 23.6. The van der Waals surface area contributed by atoms with Crippen molar-refractivity contribution in [3.63, 3.8) is 0 Å². The lowest BCUT2D eigenvalue weighted by molar-refractivity contribution is -0.132. The smallest absolute Gasteiger partial charge is 0.300 e. The second kappa shape index (κ2) is 9.73. The van der Waals surface area contributed by atoms with Gasteiger partial charge in [-0.3, -0.25) is 14.5 Å². The van der Waals surface area contributed by atoms with Crippen LogP contribution in [0.4, 0.5) is 11.4 Å². The van der Waals surface area contributed by atoms with Gasteiger partial charge < -0.3 is 14.7 Å². The number of benzene rings is 2. The van der Waals surface area contributed by atoms with Gasteiger partial charge >= 0.3 is 0 Å². The molecule has 1 aromatic heterocycles. The highest BCUT2D eigenvalue weighted by Crippen LogP contribution is 2.44. The lowest BCUT2D eigenvalue weighted by atomic mass is 9.98. The fourth-order valence-electron chi connectivity index (χ4n) is 4.05. The average Bonchev–Trinajstić information content (AvgIpc) is 3.45. The summed E-state index contributed by atoms with van der Waals surface area (Å²) in [6.07, 6.45) is 0.890. The van der Waals surface area contributed by atoms with Gasteiger partial charge in [-0.25, -0.2) is 0 Å². The Morgan fingerprint density at radius 1 is 1.12 bits per heavy atom. The van der Waals surface area contributed by atoms with Gasteiger partial charge in [0.15, 0.2) is 0 Å². The van der Waals surface area contributed by atoms with Crippen molar-refractivity contribution in [2.24, 2.45) is 0 Å². The quantitative estimate of drug-likeness (QED) is 0.276. The summed E-state index contributed by atoms with van der Waals surface area (Å²) >= 11 is 1.44. The number of nitrogens with zero attached hydrogens (tertiary/aromatic N) is 2. The van der Waals surface area contributed by atoms with Gasteiger partial charge in [0.25, 0.3) is 11.7 Å². The molecule has 0 bridgehead atoms. The number of carbonyl (C=O) groups excluding carboxylic acids is 2. The van der Waals surface area contributed by atoms with Crippen molar-refractivity contribution >= 4 is 40.2 Å². The zero-order chi connectivity index (χ0) is 24.4. The van der Waals surface area contributed by atoms with Crippen molar-refractivity contribution in [1.29, 1.82) is 0 Å². The van der Waals surface area contributed by atoms with E-state index in [1.165, 1.54) is 16.2 Å². The first-order valence-electron chi connectivity index (χ1n) is 11.2. The fourth-order valence-corrected chi connectivity index (χ4v) is 4.88. The summed E-state index contributed by atoms with van der Waals surface area (Å²) in [5, 5.41) is 13.2. The SMILES string of the molecule is CCCOc1ccc(/C(O)=C2/C(=O)C(=O)N(c3ccc(N(C)C)cc3)C2c2cccs2)cc1C. The molecule has 4 rings (SSSR count). The van der Waals surface area contributed by atoms with E-state index in [-0.39, 0.29) is 11.3 Å². The molecule has 6 nitrogen and oxygen atoms in total. The highest BCUT2D eigenvalue weighted by atomic mass is 32.1. The van der Waals surface area contributed by atoms with Gasteiger partial charge in [0, 0.05) is 35.9 Å². The maximum atomic E-state index is 13.2. The number of rotatable bonds is 7. The Morgan fingerprint density at radius 2 is 1.85 bits per heavy atom. The zero-order valence-corrected chi connectivity index (χ0v) is 20.6. The molecule has 1 aliphatic rings. The van der Waals surface area contributed by atoms with Crippen molar-refractivity contribution < 1.29 is 19.4 Å². The molecule has 1 N–H and O–H groups in total. The second-order valence-corrected chi connectivity index (χ2v) is 9.40. The monoisotopic (exact) mass is 476 g/mol. The van der Waals surface area contributed by atoms with E-state index in [9.17, 15) is 14.7 Å². The standard InChI is InChI=1S/C27H28N2O4S/c1-5-14-33-21-13-8-18(16-17(21)2)25(30)23-24(22-7-6-15-34-22)29(27(32)26(23)31)20-11-9-19(10-12-20)28(3)4/h6-13,15-16,24,30H,5,14H2,1-4H3/b25-23-. The Balaban J connectivity index is 1.81. The molecule has 1 aliphatic heterocycles. The van der Waals surface area contributed by atoms with Crippen LogP contribution < -0.4 is 14.5 Å². The minimum absolute atomic E-state index is 0.0887. The molecule has 1 amide bonds. The first-order chi connectivity index (χ1) is 16.3. The molecule has 7 heteroatoms. The van der Waals surface area contributed by atoms with E-state index in [1.807, 2.05) is 74.6 Å². The first-order valence-corrected chi connectivity index (χ1v) is 12.1. The van der Waals surface area contributed by atoms with Crippen LogP contribution in [0.15, 0.2) is 65.6 Å². The molecule has 0 aliphatic carbocycles. The summed E-state index contributed by atoms with van der Waals surface area (Å²) in [5.41, 5.74) is 2.99. The number of ether oxygens (including phenoxy) is 1. The molecule has 3 aromatic rings. The van der Waals surface area contributed by atoms with Crippen LogP contribution in [0.3, 0.4) is 0 Å². The molecule has 1 saturated heterocycles. The fraction of sp³-hybridized carbons (Fsp3) is 0.259. The van der Waals surface area contributed by atoms with Gasteiger partial charge in [-0.1, -0.05) is 13.0 Å². The Morgan fingerprint density at radius 3 is 2.44 bits per heavy atom. The summed E-state index contributed by atoms with van der Waals surface area (Å²) in [5.74, 6) is -0.808. The maximum Gasteiger partial charge on any atom is 0.300 e. The minimum Gasteiger partial charge on any atom is -0.507 e. The van der Waals surface area contributed by atoms with Crippen LogP contribution in [-0.2, 0) is 9.59 Å². The summed E-state index contributed by atoms with van der Waals surface area (Å²) < 4.78 is 5.74. The number of aliphatic hydroxyl groups is 1. The van der Waals surface area contributed by atoms with Crippen LogP contribution in [0.2, 0.25) is 0 Å². The van der Waals surface area contributed by atoms with E-state index in [1.54, 1.807) is 18.2 Å². The van der Waals surface area contributed by atoms with Crippen LogP contribution in [0, 0.1) is 6.92 Å². The summed E-state index contributed by atoms with van der Waals surface area (Å²) in [6, 6.07) is 15.8. The Labute approximate surface area is 203 Å². The number of hydrogen-bond acceptors (Lipinski definition) is 6. The predicted molar refractivity (Wildman–Crippen MR) is 137 cm³/mol. The lowest BCUT2D eigenvalue weighted by Crippen LogP contribution is -2.29. The number of amides is 1. The predicted octanol–water partition coefficient (Wildman–Crippen LogP) is 5.54. The van der Waals surface area contributed by atoms with Gasteiger partial charge in [-0.05, 0) is 72.8 Å². The molecule has 1 unspecified atom stereocenters. The molecule has 2 aromatic carbocycles. The van der Waals surface area contributed by atoms with E-state index < -0.39 is 17.7 Å². The number of carbonyl (C=O) groups is 2. The van der Waals surface area contributed by atoms with Crippen LogP contribution >= 0.6 is 11.3 Å². The Bertz CT molecular complexity index is 1230.